The molecule has 0 saturated heterocycles. The maximum Gasteiger partial charge on any atom is 0.237 e. The zero-order valence-electron chi connectivity index (χ0n) is 18.0. The number of rotatable bonds is 2. The number of para-hydroxylation sites is 1. The van der Waals surface area contributed by atoms with Crippen LogP contribution in [0.2, 0.25) is 0 Å². The summed E-state index contributed by atoms with van der Waals surface area (Å²) in [6.07, 6.45) is 7.75. The van der Waals surface area contributed by atoms with E-state index >= 15 is 0 Å². The third-order valence-corrected chi connectivity index (χ3v) is 5.46. The quantitative estimate of drug-likeness (QED) is 0.118. The smallest absolute Gasteiger partial charge is 0.237 e. The molecule has 0 unspecified atom stereocenters. The van der Waals surface area contributed by atoms with Gasteiger partial charge in [-0.2, -0.15) is 0 Å². The van der Waals surface area contributed by atoms with Crippen LogP contribution in [0.5, 0.6) is 0 Å². The average molecular weight is 522 g/mol. The second-order valence-electron chi connectivity index (χ2n) is 7.76. The van der Waals surface area contributed by atoms with Crippen LogP contribution in [0.3, 0.4) is 0 Å². The molecule has 0 fully saturated rings. The topological polar surface area (TPSA) is 100 Å². The molecule has 5 heterocycles. The molecule has 7 nitrogen and oxygen atoms in total. The summed E-state index contributed by atoms with van der Waals surface area (Å²) in [5.74, 6) is 0. The van der Waals surface area contributed by atoms with Gasteiger partial charge in [-0.15, -0.1) is 24.0 Å². The molecule has 0 saturated carbocycles. The molecule has 8 bridgehead atoms. The molecule has 35 heavy (non-hydrogen) atoms. The Hall–Kier alpha value is -3.97. The van der Waals surface area contributed by atoms with Gasteiger partial charge in [-0.3, -0.25) is 10.1 Å². The van der Waals surface area contributed by atoms with Gasteiger partial charge in [0, 0.05) is 28.7 Å². The summed E-state index contributed by atoms with van der Waals surface area (Å²) in [6.45, 7) is 0. The number of fused-ring (bicyclic) bond motifs is 8. The van der Waals surface area contributed by atoms with Gasteiger partial charge >= 0.3 is 0 Å². The van der Waals surface area contributed by atoms with Crippen LogP contribution in [-0.2, 0) is 17.1 Å². The number of aromatic amines is 2. The minimum atomic E-state index is -0.374. The van der Waals surface area contributed by atoms with Crippen molar-refractivity contribution >= 4 is 64.5 Å². The number of nitrogens with zero attached hydrogens (tertiary/aromatic N) is 3. The molecule has 6 rings (SSSR count). The van der Waals surface area contributed by atoms with E-state index in [-0.39, 0.29) is 40.1 Å². The van der Waals surface area contributed by atoms with Crippen LogP contribution in [0.15, 0.2) is 60.7 Å². The van der Waals surface area contributed by atoms with E-state index in [0.717, 1.165) is 33.8 Å². The Balaban J connectivity index is 0.00000144. The van der Waals surface area contributed by atoms with Gasteiger partial charge in [-0.1, -0.05) is 35.8 Å². The van der Waals surface area contributed by atoms with Crippen molar-refractivity contribution in [3.8, 4) is 11.1 Å². The van der Waals surface area contributed by atoms with Gasteiger partial charge in [0.15, 0.2) is 0 Å². The van der Waals surface area contributed by atoms with Crippen molar-refractivity contribution in [3.63, 3.8) is 0 Å². The Bertz CT molecular complexity index is 1670. The number of nitrogens with one attached hydrogen (secondary N) is 2. The minimum absolute atomic E-state index is 0. The van der Waals surface area contributed by atoms with Crippen LogP contribution in [0.4, 0.5) is 5.69 Å². The number of H-pyrrole nitrogens is 2. The standard InChI is InChI=1S/C26H16N5O2.ClH.Mn/c32-31(33)26-4-2-1-3-23(26)24-14-22-13-20-8-7-18(28-20)11-16-5-6-17(27-16)12-19-9-10-21(29-19)15-25(24)30-22;;/h1-13,15,28,30H;1H;/q-1;;. The summed E-state index contributed by atoms with van der Waals surface area (Å²) in [4.78, 5) is 27.3. The molecular weight excluding hydrogens is 505 g/mol. The molecule has 0 atom stereocenters. The molecule has 0 amide bonds. The van der Waals surface area contributed by atoms with E-state index in [0.29, 0.717) is 22.2 Å². The van der Waals surface area contributed by atoms with Crippen molar-refractivity contribution in [2.45, 2.75) is 0 Å². The molecule has 2 N–H and O–H groups in total. The van der Waals surface area contributed by atoms with E-state index in [2.05, 4.69) is 26.0 Å². The van der Waals surface area contributed by atoms with Gasteiger partial charge in [0.25, 0.3) is 0 Å². The van der Waals surface area contributed by atoms with Gasteiger partial charge in [0.2, 0.25) is 5.69 Å². The Morgan fingerprint density at radius 1 is 0.771 bits per heavy atom. The minimum Gasteiger partial charge on any atom is -0.410 e. The van der Waals surface area contributed by atoms with Gasteiger partial charge in [0.1, 0.15) is 0 Å². The van der Waals surface area contributed by atoms with Gasteiger partial charge in [-0.25, -0.2) is 9.97 Å². The van der Waals surface area contributed by atoms with Crippen molar-refractivity contribution in [2.75, 3.05) is 0 Å². The van der Waals surface area contributed by atoms with Gasteiger partial charge in [-0.05, 0) is 65.2 Å². The predicted octanol–water partition coefficient (Wildman–Crippen LogP) is 6.45. The number of nitro benzene ring substituents is 1. The predicted molar refractivity (Wildman–Crippen MR) is 137 cm³/mol. The SMILES string of the molecule is Cl.O=[N+]([O-])c1ccccc1-c1[c-]c2cc3ccc(cc4nc(cc5nc(cc1[nH]2)C=C5)C=C4)[nH]3.[Mn]. The van der Waals surface area contributed by atoms with Crippen molar-refractivity contribution in [1.82, 2.24) is 19.9 Å². The van der Waals surface area contributed by atoms with Crippen LogP contribution in [0.25, 0.3) is 57.5 Å². The van der Waals surface area contributed by atoms with E-state index < -0.39 is 0 Å². The fraction of sp³-hybridized carbons (Fsp3) is 0. The summed E-state index contributed by atoms with van der Waals surface area (Å²) < 4.78 is 0. The molecule has 1 aromatic carbocycles. The summed E-state index contributed by atoms with van der Waals surface area (Å²) in [5, 5.41) is 11.7. The van der Waals surface area contributed by atoms with Crippen molar-refractivity contribution in [2.24, 2.45) is 0 Å². The molecule has 2 aliphatic rings. The molecule has 173 valence electrons. The number of halogens is 1. The number of nitro groups is 1. The molecule has 0 spiro atoms. The molecule has 1 radical (unpaired) electrons. The summed E-state index contributed by atoms with van der Waals surface area (Å²) in [6, 6.07) is 21.6. The van der Waals surface area contributed by atoms with E-state index in [1.54, 1.807) is 18.2 Å². The third-order valence-electron chi connectivity index (χ3n) is 5.46. The molecule has 0 aliphatic carbocycles. The molecule has 9 heteroatoms. The van der Waals surface area contributed by atoms with Crippen molar-refractivity contribution in [1.29, 1.82) is 0 Å². The first-order chi connectivity index (χ1) is 16.1. The Labute approximate surface area is 216 Å². The van der Waals surface area contributed by atoms with E-state index in [1.807, 2.05) is 60.7 Å². The number of hydrogen-bond acceptors (Lipinski definition) is 4. The van der Waals surface area contributed by atoms with Crippen LogP contribution >= 0.6 is 12.4 Å². The Morgan fingerprint density at radius 3 is 2.06 bits per heavy atom. The van der Waals surface area contributed by atoms with Crippen LogP contribution in [0, 0.1) is 16.2 Å². The number of aromatic nitrogens is 4. The summed E-state index contributed by atoms with van der Waals surface area (Å²) in [5.41, 5.74) is 7.52. The zero-order valence-corrected chi connectivity index (χ0v) is 20.0. The summed E-state index contributed by atoms with van der Waals surface area (Å²) >= 11 is 0. The first kappa shape index (κ1) is 24.2. The zero-order chi connectivity index (χ0) is 22.4. The second kappa shape index (κ2) is 9.72. The number of benzene rings is 1. The molecule has 4 aromatic rings. The molecular formula is C26H17ClMnN5O2-. The Kier molecular flexibility index (Phi) is 6.71. The fourth-order valence-electron chi connectivity index (χ4n) is 4.00. The normalized spacial score (nSPS) is 11.5. The van der Waals surface area contributed by atoms with Crippen molar-refractivity contribution in [3.05, 3.63) is 99.6 Å². The largest absolute Gasteiger partial charge is 0.410 e. The monoisotopic (exact) mass is 521 g/mol. The van der Waals surface area contributed by atoms with Crippen LogP contribution in [-0.4, -0.2) is 24.9 Å². The maximum atomic E-state index is 11.7. The van der Waals surface area contributed by atoms with Crippen molar-refractivity contribution < 1.29 is 22.0 Å². The van der Waals surface area contributed by atoms with E-state index in [1.165, 1.54) is 6.07 Å². The van der Waals surface area contributed by atoms with E-state index in [4.69, 9.17) is 0 Å². The third kappa shape index (κ3) is 4.81. The second-order valence-corrected chi connectivity index (χ2v) is 7.76. The number of hydrogen-bond donors (Lipinski definition) is 2. The van der Waals surface area contributed by atoms with E-state index in [9.17, 15) is 10.1 Å². The van der Waals surface area contributed by atoms with Crippen LogP contribution in [0.1, 0.15) is 22.8 Å². The average Bonchev–Trinajstić information content (AvgIpc) is 3.59. The van der Waals surface area contributed by atoms with Gasteiger partial charge < -0.3 is 9.97 Å². The maximum absolute atomic E-state index is 11.7. The van der Waals surface area contributed by atoms with Gasteiger partial charge in [0.05, 0.1) is 27.7 Å². The van der Waals surface area contributed by atoms with Crippen LogP contribution < -0.4 is 0 Å². The Morgan fingerprint density at radius 2 is 1.37 bits per heavy atom. The molecule has 2 aliphatic heterocycles. The molecule has 3 aromatic heterocycles. The first-order valence-electron chi connectivity index (χ1n) is 10.4. The first-order valence-corrected chi connectivity index (χ1v) is 10.4. The summed E-state index contributed by atoms with van der Waals surface area (Å²) in [7, 11) is 0. The fourth-order valence-corrected chi connectivity index (χ4v) is 4.00.